The largest absolute Gasteiger partial charge is 0.339 e. The molecule has 2 heterocycles. The van der Waals surface area contributed by atoms with Crippen molar-refractivity contribution in [3.63, 3.8) is 0 Å². The lowest BCUT2D eigenvalue weighted by Gasteiger charge is -2.11. The number of halogens is 1. The number of hydrogen-bond donors (Lipinski definition) is 0. The maximum Gasteiger partial charge on any atom is 0.339 e. The SMILES string of the molecule is CN1C(=O)C(=O)N(c2ccc(Cl)cn2)C1=O. The maximum atomic E-state index is 11.5. The van der Waals surface area contributed by atoms with Crippen molar-refractivity contribution >= 4 is 35.3 Å². The quantitative estimate of drug-likeness (QED) is 0.533. The van der Waals surface area contributed by atoms with Gasteiger partial charge < -0.3 is 0 Å². The van der Waals surface area contributed by atoms with E-state index >= 15 is 0 Å². The van der Waals surface area contributed by atoms with Gasteiger partial charge in [0.15, 0.2) is 0 Å². The van der Waals surface area contributed by atoms with Crippen LogP contribution in [0.5, 0.6) is 0 Å². The van der Waals surface area contributed by atoms with Crippen molar-refractivity contribution in [1.82, 2.24) is 9.88 Å². The van der Waals surface area contributed by atoms with Crippen LogP contribution in [0, 0.1) is 0 Å². The van der Waals surface area contributed by atoms with Crippen LogP contribution in [0.15, 0.2) is 18.3 Å². The molecule has 0 saturated carbocycles. The van der Waals surface area contributed by atoms with Crippen LogP contribution in [0.2, 0.25) is 5.02 Å². The van der Waals surface area contributed by atoms with Gasteiger partial charge in [-0.15, -0.1) is 0 Å². The van der Waals surface area contributed by atoms with Gasteiger partial charge in [0.05, 0.1) is 5.02 Å². The molecule has 0 spiro atoms. The van der Waals surface area contributed by atoms with Crippen LogP contribution in [-0.2, 0) is 9.59 Å². The van der Waals surface area contributed by atoms with Crippen molar-refractivity contribution in [3.8, 4) is 0 Å². The maximum absolute atomic E-state index is 11.5. The van der Waals surface area contributed by atoms with Gasteiger partial charge in [0, 0.05) is 13.2 Å². The molecule has 6 nitrogen and oxygen atoms in total. The highest BCUT2D eigenvalue weighted by Crippen LogP contribution is 2.20. The summed E-state index contributed by atoms with van der Waals surface area (Å²) < 4.78 is 0. The summed E-state index contributed by atoms with van der Waals surface area (Å²) in [4.78, 5) is 39.5. The Morgan fingerprint density at radius 3 is 2.31 bits per heavy atom. The molecule has 1 aromatic heterocycles. The van der Waals surface area contributed by atoms with Crippen molar-refractivity contribution < 1.29 is 14.4 Å². The van der Waals surface area contributed by atoms with Crippen LogP contribution in [0.25, 0.3) is 0 Å². The molecule has 0 bridgehead atoms. The minimum absolute atomic E-state index is 0.0806. The molecule has 1 aliphatic heterocycles. The molecule has 7 heteroatoms. The molecule has 0 N–H and O–H groups in total. The highest BCUT2D eigenvalue weighted by molar-refractivity contribution is 6.52. The lowest BCUT2D eigenvalue weighted by Crippen LogP contribution is -2.32. The molecule has 0 radical (unpaired) electrons. The molecule has 1 aliphatic rings. The van der Waals surface area contributed by atoms with E-state index in [2.05, 4.69) is 4.98 Å². The summed E-state index contributed by atoms with van der Waals surface area (Å²) in [6, 6.07) is 2.16. The summed E-state index contributed by atoms with van der Waals surface area (Å²) in [5.41, 5.74) is 0. The fraction of sp³-hybridized carbons (Fsp3) is 0.111. The third kappa shape index (κ3) is 1.43. The summed E-state index contributed by atoms with van der Waals surface area (Å²) in [6.45, 7) is 0. The van der Waals surface area contributed by atoms with Gasteiger partial charge in [0.2, 0.25) is 0 Å². The van der Waals surface area contributed by atoms with E-state index in [4.69, 9.17) is 11.6 Å². The highest BCUT2D eigenvalue weighted by atomic mass is 35.5. The first-order chi connectivity index (χ1) is 7.52. The summed E-state index contributed by atoms with van der Waals surface area (Å²) >= 11 is 5.62. The third-order valence-electron chi connectivity index (χ3n) is 2.11. The minimum atomic E-state index is -0.915. The number of hydrogen-bond acceptors (Lipinski definition) is 4. The van der Waals surface area contributed by atoms with E-state index in [1.165, 1.54) is 25.4 Å². The molecule has 1 saturated heterocycles. The molecule has 82 valence electrons. The predicted molar refractivity (Wildman–Crippen MR) is 54.9 cm³/mol. The Morgan fingerprint density at radius 1 is 1.19 bits per heavy atom. The van der Waals surface area contributed by atoms with E-state index < -0.39 is 17.8 Å². The summed E-state index contributed by atoms with van der Waals surface area (Å²) in [6.07, 6.45) is 1.29. The second-order valence-corrected chi connectivity index (χ2v) is 3.56. The minimum Gasteiger partial charge on any atom is -0.263 e. The number of anilines is 1. The zero-order valence-corrected chi connectivity index (χ0v) is 8.93. The molecule has 0 aromatic carbocycles. The fourth-order valence-electron chi connectivity index (χ4n) is 1.27. The number of urea groups is 1. The van der Waals surface area contributed by atoms with Gasteiger partial charge in [-0.05, 0) is 12.1 Å². The Kier molecular flexibility index (Phi) is 2.35. The van der Waals surface area contributed by atoms with Crippen LogP contribution in [0.3, 0.4) is 0 Å². The first-order valence-electron chi connectivity index (χ1n) is 4.30. The molecule has 4 amide bonds. The molecule has 0 atom stereocenters. The number of carbonyl (C=O) groups excluding carboxylic acids is 3. The number of imide groups is 2. The van der Waals surface area contributed by atoms with Gasteiger partial charge in [-0.25, -0.2) is 14.7 Å². The lowest BCUT2D eigenvalue weighted by atomic mass is 10.4. The van der Waals surface area contributed by atoms with Crippen LogP contribution in [0.4, 0.5) is 10.6 Å². The van der Waals surface area contributed by atoms with E-state index in [9.17, 15) is 14.4 Å². The topological polar surface area (TPSA) is 70.6 Å². The fourth-order valence-corrected chi connectivity index (χ4v) is 1.38. The second kappa shape index (κ2) is 3.57. The van der Waals surface area contributed by atoms with E-state index in [0.29, 0.717) is 9.92 Å². The predicted octanol–water partition coefficient (Wildman–Crippen LogP) is 0.660. The monoisotopic (exact) mass is 239 g/mol. The standard InChI is InChI=1S/C9H6ClN3O3/c1-12-7(14)8(15)13(9(12)16)6-3-2-5(10)4-11-6/h2-4H,1H3. The third-order valence-corrected chi connectivity index (χ3v) is 2.33. The Hall–Kier alpha value is -1.95. The van der Waals surface area contributed by atoms with Crippen LogP contribution < -0.4 is 4.90 Å². The van der Waals surface area contributed by atoms with Gasteiger partial charge in [0.1, 0.15) is 5.82 Å². The van der Waals surface area contributed by atoms with E-state index in [1.54, 1.807) is 0 Å². The van der Waals surface area contributed by atoms with Crippen molar-refractivity contribution in [1.29, 1.82) is 0 Å². The molecule has 0 unspecified atom stereocenters. The molecule has 0 aliphatic carbocycles. The number of aromatic nitrogens is 1. The molecule has 2 rings (SSSR count). The molecular weight excluding hydrogens is 234 g/mol. The van der Waals surface area contributed by atoms with Gasteiger partial charge in [-0.1, -0.05) is 11.6 Å². The Morgan fingerprint density at radius 2 is 1.88 bits per heavy atom. The second-order valence-electron chi connectivity index (χ2n) is 3.12. The lowest BCUT2D eigenvalue weighted by molar-refractivity contribution is -0.138. The highest BCUT2D eigenvalue weighted by Gasteiger charge is 2.43. The van der Waals surface area contributed by atoms with Crippen molar-refractivity contribution in [2.45, 2.75) is 0 Å². The van der Waals surface area contributed by atoms with Crippen molar-refractivity contribution in [3.05, 3.63) is 23.4 Å². The first-order valence-corrected chi connectivity index (χ1v) is 4.68. The molecular formula is C9H6ClN3O3. The zero-order chi connectivity index (χ0) is 11.9. The number of rotatable bonds is 1. The average molecular weight is 240 g/mol. The molecule has 1 aromatic rings. The Bertz CT molecular complexity index is 485. The Balaban J connectivity index is 2.42. The summed E-state index contributed by atoms with van der Waals surface area (Å²) in [5.74, 6) is -1.71. The summed E-state index contributed by atoms with van der Waals surface area (Å²) in [5, 5.41) is 0.377. The smallest absolute Gasteiger partial charge is 0.263 e. The zero-order valence-electron chi connectivity index (χ0n) is 8.18. The van der Waals surface area contributed by atoms with E-state index in [-0.39, 0.29) is 5.82 Å². The van der Waals surface area contributed by atoms with E-state index in [0.717, 1.165) is 4.90 Å². The number of likely N-dealkylation sites (N-methyl/N-ethyl adjacent to an activating group) is 1. The normalized spacial score (nSPS) is 16.2. The van der Waals surface area contributed by atoms with E-state index in [1.807, 2.05) is 0 Å². The molecule has 1 fully saturated rings. The van der Waals surface area contributed by atoms with Crippen LogP contribution in [0.1, 0.15) is 0 Å². The van der Waals surface area contributed by atoms with Crippen molar-refractivity contribution in [2.24, 2.45) is 0 Å². The van der Waals surface area contributed by atoms with Gasteiger partial charge >= 0.3 is 17.8 Å². The Labute approximate surface area is 95.4 Å². The van der Waals surface area contributed by atoms with Crippen molar-refractivity contribution in [2.75, 3.05) is 11.9 Å². The number of nitrogens with zero attached hydrogens (tertiary/aromatic N) is 3. The van der Waals surface area contributed by atoms with Crippen LogP contribution >= 0.6 is 11.6 Å². The van der Waals surface area contributed by atoms with Gasteiger partial charge in [-0.2, -0.15) is 0 Å². The number of amides is 4. The number of pyridine rings is 1. The van der Waals surface area contributed by atoms with Crippen LogP contribution in [-0.4, -0.2) is 34.8 Å². The number of carbonyl (C=O) groups is 3. The first kappa shape index (κ1) is 10.6. The molecule has 16 heavy (non-hydrogen) atoms. The average Bonchev–Trinajstić information content (AvgIpc) is 2.46. The van der Waals surface area contributed by atoms with Gasteiger partial charge in [-0.3, -0.25) is 14.5 Å². The van der Waals surface area contributed by atoms with Gasteiger partial charge in [0.25, 0.3) is 0 Å². The summed E-state index contributed by atoms with van der Waals surface area (Å²) in [7, 11) is 1.23.